The number of hydrogen-bond acceptors (Lipinski definition) is 1. The van der Waals surface area contributed by atoms with E-state index in [0.29, 0.717) is 0 Å². The SMILES string of the molecule is CCCCCN(CCCC)C(C)C. The molecule has 0 aromatic heterocycles. The van der Waals surface area contributed by atoms with E-state index in [4.69, 9.17) is 0 Å². The van der Waals surface area contributed by atoms with Crippen LogP contribution in [0.4, 0.5) is 0 Å². The van der Waals surface area contributed by atoms with Gasteiger partial charge in [-0.05, 0) is 39.8 Å². The van der Waals surface area contributed by atoms with Crippen molar-refractivity contribution in [2.24, 2.45) is 0 Å². The molecule has 0 rings (SSSR count). The van der Waals surface area contributed by atoms with E-state index < -0.39 is 0 Å². The summed E-state index contributed by atoms with van der Waals surface area (Å²) in [6.07, 6.45) is 6.76. The third-order valence-corrected chi connectivity index (χ3v) is 2.58. The van der Waals surface area contributed by atoms with Gasteiger partial charge in [0.25, 0.3) is 0 Å². The number of unbranched alkanes of at least 4 members (excludes halogenated alkanes) is 3. The fourth-order valence-corrected chi connectivity index (χ4v) is 1.55. The van der Waals surface area contributed by atoms with Crippen LogP contribution < -0.4 is 0 Å². The summed E-state index contributed by atoms with van der Waals surface area (Å²) in [6.45, 7) is 11.7. The summed E-state index contributed by atoms with van der Waals surface area (Å²) in [7, 11) is 0. The molecule has 0 saturated carbocycles. The van der Waals surface area contributed by atoms with Crippen molar-refractivity contribution in [3.05, 3.63) is 0 Å². The highest BCUT2D eigenvalue weighted by molar-refractivity contribution is 4.62. The molecule has 0 heterocycles. The van der Waals surface area contributed by atoms with Crippen molar-refractivity contribution >= 4 is 0 Å². The van der Waals surface area contributed by atoms with Gasteiger partial charge in [-0.15, -0.1) is 0 Å². The van der Waals surface area contributed by atoms with Crippen LogP contribution in [0.3, 0.4) is 0 Å². The van der Waals surface area contributed by atoms with Gasteiger partial charge in [0, 0.05) is 6.04 Å². The highest BCUT2D eigenvalue weighted by Gasteiger charge is 2.06. The van der Waals surface area contributed by atoms with Crippen LogP contribution in [0.25, 0.3) is 0 Å². The maximum Gasteiger partial charge on any atom is 0.00385 e. The molecule has 1 nitrogen and oxygen atoms in total. The summed E-state index contributed by atoms with van der Waals surface area (Å²) in [5, 5.41) is 0. The minimum absolute atomic E-state index is 0.725. The molecular formula is C12H27N. The van der Waals surface area contributed by atoms with Gasteiger partial charge in [0.2, 0.25) is 0 Å². The molecule has 0 atom stereocenters. The second-order valence-corrected chi connectivity index (χ2v) is 4.19. The summed E-state index contributed by atoms with van der Waals surface area (Å²) in [5.74, 6) is 0. The minimum atomic E-state index is 0.725. The predicted molar refractivity (Wildman–Crippen MR) is 61.1 cm³/mol. The molecule has 0 radical (unpaired) electrons. The number of nitrogens with zero attached hydrogens (tertiary/aromatic N) is 1. The molecule has 0 aliphatic heterocycles. The van der Waals surface area contributed by atoms with Gasteiger partial charge in [0.05, 0.1) is 0 Å². The van der Waals surface area contributed by atoms with E-state index in [-0.39, 0.29) is 0 Å². The first kappa shape index (κ1) is 13.0. The molecule has 0 saturated heterocycles. The van der Waals surface area contributed by atoms with Crippen LogP contribution in [0.15, 0.2) is 0 Å². The second kappa shape index (κ2) is 8.55. The van der Waals surface area contributed by atoms with Crippen molar-refractivity contribution in [3.63, 3.8) is 0 Å². The van der Waals surface area contributed by atoms with E-state index in [1.54, 1.807) is 0 Å². The van der Waals surface area contributed by atoms with Gasteiger partial charge in [0.1, 0.15) is 0 Å². The van der Waals surface area contributed by atoms with Crippen LogP contribution >= 0.6 is 0 Å². The summed E-state index contributed by atoms with van der Waals surface area (Å²) < 4.78 is 0. The molecule has 0 aromatic rings. The lowest BCUT2D eigenvalue weighted by Crippen LogP contribution is -2.32. The van der Waals surface area contributed by atoms with Crippen LogP contribution in [0, 0.1) is 0 Å². The molecule has 80 valence electrons. The number of rotatable bonds is 8. The topological polar surface area (TPSA) is 3.24 Å². The quantitative estimate of drug-likeness (QED) is 0.521. The molecule has 0 aliphatic rings. The lowest BCUT2D eigenvalue weighted by molar-refractivity contribution is 0.214. The van der Waals surface area contributed by atoms with E-state index in [1.165, 1.54) is 45.2 Å². The second-order valence-electron chi connectivity index (χ2n) is 4.19. The van der Waals surface area contributed by atoms with E-state index in [0.717, 1.165) is 6.04 Å². The molecule has 0 aliphatic carbocycles. The fraction of sp³-hybridized carbons (Fsp3) is 1.00. The zero-order valence-electron chi connectivity index (χ0n) is 9.97. The van der Waals surface area contributed by atoms with Crippen molar-refractivity contribution < 1.29 is 0 Å². The van der Waals surface area contributed by atoms with E-state index in [9.17, 15) is 0 Å². The highest BCUT2D eigenvalue weighted by atomic mass is 15.1. The van der Waals surface area contributed by atoms with Gasteiger partial charge in [0.15, 0.2) is 0 Å². The molecule has 13 heavy (non-hydrogen) atoms. The van der Waals surface area contributed by atoms with Gasteiger partial charge in [-0.3, -0.25) is 0 Å². The summed E-state index contributed by atoms with van der Waals surface area (Å²) in [6, 6.07) is 0.725. The maximum atomic E-state index is 2.61. The van der Waals surface area contributed by atoms with E-state index in [2.05, 4.69) is 32.6 Å². The van der Waals surface area contributed by atoms with Crippen molar-refractivity contribution in [3.8, 4) is 0 Å². The van der Waals surface area contributed by atoms with Gasteiger partial charge < -0.3 is 4.90 Å². The zero-order chi connectivity index (χ0) is 10.1. The predicted octanol–water partition coefficient (Wildman–Crippen LogP) is 3.69. The Labute approximate surface area is 84.5 Å². The smallest absolute Gasteiger partial charge is 0.00385 e. The first-order valence-electron chi connectivity index (χ1n) is 5.96. The van der Waals surface area contributed by atoms with Crippen LogP contribution in [0.2, 0.25) is 0 Å². The molecule has 0 fully saturated rings. The largest absolute Gasteiger partial charge is 0.301 e. The monoisotopic (exact) mass is 185 g/mol. The summed E-state index contributed by atoms with van der Waals surface area (Å²) in [5.41, 5.74) is 0. The van der Waals surface area contributed by atoms with Crippen LogP contribution in [0.1, 0.15) is 59.8 Å². The summed E-state index contributed by atoms with van der Waals surface area (Å²) in [4.78, 5) is 2.61. The highest BCUT2D eigenvalue weighted by Crippen LogP contribution is 2.05. The Morgan fingerprint density at radius 3 is 1.85 bits per heavy atom. The first-order valence-corrected chi connectivity index (χ1v) is 5.96. The van der Waals surface area contributed by atoms with Crippen molar-refractivity contribution in [1.82, 2.24) is 4.90 Å². The van der Waals surface area contributed by atoms with E-state index >= 15 is 0 Å². The molecule has 0 spiro atoms. The van der Waals surface area contributed by atoms with E-state index in [1.807, 2.05) is 0 Å². The third kappa shape index (κ3) is 7.06. The molecule has 0 N–H and O–H groups in total. The maximum absolute atomic E-state index is 2.61. The zero-order valence-corrected chi connectivity index (χ0v) is 9.97. The van der Waals surface area contributed by atoms with Crippen molar-refractivity contribution in [2.45, 2.75) is 65.8 Å². The molecule has 0 unspecified atom stereocenters. The van der Waals surface area contributed by atoms with Crippen molar-refractivity contribution in [1.29, 1.82) is 0 Å². The Hall–Kier alpha value is -0.0400. The Morgan fingerprint density at radius 2 is 1.38 bits per heavy atom. The average Bonchev–Trinajstić information content (AvgIpc) is 2.10. The van der Waals surface area contributed by atoms with Crippen LogP contribution in [-0.4, -0.2) is 24.0 Å². The normalized spacial score (nSPS) is 11.5. The molecule has 0 aromatic carbocycles. The Morgan fingerprint density at radius 1 is 0.846 bits per heavy atom. The first-order chi connectivity index (χ1) is 6.22. The fourth-order valence-electron chi connectivity index (χ4n) is 1.55. The lowest BCUT2D eigenvalue weighted by atomic mass is 10.2. The van der Waals surface area contributed by atoms with Gasteiger partial charge in [-0.25, -0.2) is 0 Å². The van der Waals surface area contributed by atoms with Gasteiger partial charge in [-0.2, -0.15) is 0 Å². The minimum Gasteiger partial charge on any atom is -0.301 e. The standard InChI is InChI=1S/C12H27N/c1-5-7-9-11-13(12(3)4)10-8-6-2/h12H,5-11H2,1-4H3. The van der Waals surface area contributed by atoms with Gasteiger partial charge >= 0.3 is 0 Å². The Kier molecular flexibility index (Phi) is 8.53. The average molecular weight is 185 g/mol. The molecule has 0 amide bonds. The van der Waals surface area contributed by atoms with Crippen LogP contribution in [-0.2, 0) is 0 Å². The van der Waals surface area contributed by atoms with Gasteiger partial charge in [-0.1, -0.05) is 33.1 Å². The Bertz CT molecular complexity index is 99.3. The number of hydrogen-bond donors (Lipinski definition) is 0. The molecule has 1 heteroatoms. The van der Waals surface area contributed by atoms with Crippen LogP contribution in [0.5, 0.6) is 0 Å². The third-order valence-electron chi connectivity index (χ3n) is 2.58. The molecular weight excluding hydrogens is 158 g/mol. The lowest BCUT2D eigenvalue weighted by Gasteiger charge is -2.26. The van der Waals surface area contributed by atoms with Crippen molar-refractivity contribution in [2.75, 3.05) is 13.1 Å². The summed E-state index contributed by atoms with van der Waals surface area (Å²) >= 11 is 0. The molecule has 0 bridgehead atoms. The Balaban J connectivity index is 3.54.